The molecule has 0 saturated carbocycles. The van der Waals surface area contributed by atoms with Crippen LogP contribution < -0.4 is 10.9 Å². The van der Waals surface area contributed by atoms with Crippen LogP contribution in [0.5, 0.6) is 0 Å². The fourth-order valence-corrected chi connectivity index (χ4v) is 3.48. The van der Waals surface area contributed by atoms with E-state index in [1.54, 1.807) is 13.0 Å². The number of imide groups is 1. The van der Waals surface area contributed by atoms with Crippen molar-refractivity contribution < 1.29 is 18.9 Å². The summed E-state index contributed by atoms with van der Waals surface area (Å²) < 4.78 is 15.2. The quantitative estimate of drug-likeness (QED) is 0.258. The second-order valence-corrected chi connectivity index (χ2v) is 7.24. The van der Waals surface area contributed by atoms with Gasteiger partial charge >= 0.3 is 6.03 Å². The van der Waals surface area contributed by atoms with Crippen molar-refractivity contribution in [3.8, 4) is 5.69 Å². The van der Waals surface area contributed by atoms with E-state index in [4.69, 9.17) is 0 Å². The first-order valence-electron chi connectivity index (χ1n) is 9.96. The van der Waals surface area contributed by atoms with Crippen LogP contribution in [-0.2, 0) is 17.8 Å². The summed E-state index contributed by atoms with van der Waals surface area (Å²) in [5.74, 6) is -1.23. The molecule has 0 unspecified atom stereocenters. The number of aryl methyl sites for hydroxylation is 1. The van der Waals surface area contributed by atoms with Gasteiger partial charge in [-0.2, -0.15) is 0 Å². The van der Waals surface area contributed by atoms with Crippen molar-refractivity contribution in [1.82, 2.24) is 20.0 Å². The molecule has 1 aromatic heterocycles. The second-order valence-electron chi connectivity index (χ2n) is 7.24. The van der Waals surface area contributed by atoms with Crippen molar-refractivity contribution in [2.45, 2.75) is 19.9 Å². The molecule has 3 amide bonds. The van der Waals surface area contributed by atoms with E-state index in [1.807, 2.05) is 0 Å². The molecule has 2 heterocycles. The van der Waals surface area contributed by atoms with Crippen LogP contribution in [0.4, 0.5) is 14.9 Å². The summed E-state index contributed by atoms with van der Waals surface area (Å²) in [5, 5.41) is 16.2. The number of carbonyl (C=O) groups excluding carboxylic acids is 2. The van der Waals surface area contributed by atoms with Crippen LogP contribution in [0.15, 0.2) is 59.0 Å². The van der Waals surface area contributed by atoms with E-state index in [1.165, 1.54) is 53.2 Å². The Kier molecular flexibility index (Phi) is 5.61. The third-order valence-electron chi connectivity index (χ3n) is 5.21. The van der Waals surface area contributed by atoms with E-state index in [0.717, 1.165) is 4.90 Å². The molecule has 4 rings (SSSR count). The molecule has 1 saturated heterocycles. The number of carbonyl (C=O) groups is 2. The molecular formula is C22H18FN5O5. The zero-order chi connectivity index (χ0) is 23.7. The largest absolute Gasteiger partial charge is 0.329 e. The van der Waals surface area contributed by atoms with Crippen molar-refractivity contribution in [2.75, 3.05) is 0 Å². The Morgan fingerprint density at radius 2 is 1.79 bits per heavy atom. The summed E-state index contributed by atoms with van der Waals surface area (Å²) in [6.07, 6.45) is 1.69. The number of benzene rings is 2. The average Bonchev–Trinajstić information content (AvgIpc) is 3.26. The highest BCUT2D eigenvalue weighted by Gasteiger charge is 2.34. The van der Waals surface area contributed by atoms with Crippen LogP contribution in [-0.4, -0.2) is 31.5 Å². The molecule has 11 heteroatoms. The topological polar surface area (TPSA) is 130 Å². The van der Waals surface area contributed by atoms with Crippen molar-refractivity contribution in [3.05, 3.63) is 97.3 Å². The van der Waals surface area contributed by atoms with Crippen molar-refractivity contribution in [1.29, 1.82) is 0 Å². The van der Waals surface area contributed by atoms with E-state index in [0.29, 0.717) is 17.8 Å². The third-order valence-corrected chi connectivity index (χ3v) is 5.21. The molecule has 10 nitrogen and oxygen atoms in total. The van der Waals surface area contributed by atoms with Gasteiger partial charge in [0.15, 0.2) is 0 Å². The zero-order valence-corrected chi connectivity index (χ0v) is 17.4. The van der Waals surface area contributed by atoms with Gasteiger partial charge < -0.3 is 5.32 Å². The van der Waals surface area contributed by atoms with E-state index in [2.05, 4.69) is 10.4 Å². The van der Waals surface area contributed by atoms with Crippen LogP contribution >= 0.6 is 0 Å². The summed E-state index contributed by atoms with van der Waals surface area (Å²) in [4.78, 5) is 49.3. The highest BCUT2D eigenvalue weighted by molar-refractivity contribution is 6.13. The number of aromatic amines is 1. The lowest BCUT2D eigenvalue weighted by Gasteiger charge is -2.12. The molecule has 0 atom stereocenters. The zero-order valence-electron chi connectivity index (χ0n) is 17.4. The normalized spacial score (nSPS) is 14.7. The van der Waals surface area contributed by atoms with Gasteiger partial charge in [0, 0.05) is 23.4 Å². The van der Waals surface area contributed by atoms with Crippen molar-refractivity contribution in [3.63, 3.8) is 0 Å². The predicted octanol–water partition coefficient (Wildman–Crippen LogP) is 2.87. The van der Waals surface area contributed by atoms with Crippen LogP contribution in [0.2, 0.25) is 0 Å². The molecule has 0 bridgehead atoms. The average molecular weight is 451 g/mol. The molecule has 168 valence electrons. The second kappa shape index (κ2) is 8.54. The Balaban J connectivity index is 1.67. The number of aromatic nitrogens is 2. The molecular weight excluding hydrogens is 433 g/mol. The maximum atomic E-state index is 14.0. The number of hydrogen-bond donors (Lipinski definition) is 2. The number of nitrogens with one attached hydrogen (secondary N) is 2. The Bertz CT molecular complexity index is 1360. The highest BCUT2D eigenvalue weighted by Crippen LogP contribution is 2.20. The minimum atomic E-state index is -0.723. The van der Waals surface area contributed by atoms with Crippen molar-refractivity contribution in [2.24, 2.45) is 0 Å². The lowest BCUT2D eigenvalue weighted by molar-refractivity contribution is -0.384. The van der Waals surface area contributed by atoms with E-state index in [-0.39, 0.29) is 29.1 Å². The summed E-state index contributed by atoms with van der Waals surface area (Å²) >= 11 is 0. The predicted molar refractivity (Wildman–Crippen MR) is 116 cm³/mol. The van der Waals surface area contributed by atoms with Gasteiger partial charge in [0.05, 0.1) is 22.7 Å². The van der Waals surface area contributed by atoms with Gasteiger partial charge in [-0.15, -0.1) is 0 Å². The minimum absolute atomic E-state index is 0.113. The fraction of sp³-hybridized carbons (Fsp3) is 0.136. The van der Waals surface area contributed by atoms with Crippen LogP contribution in [0, 0.1) is 15.9 Å². The molecule has 33 heavy (non-hydrogen) atoms. The molecule has 2 N–H and O–H groups in total. The maximum Gasteiger partial charge on any atom is 0.329 e. The summed E-state index contributed by atoms with van der Waals surface area (Å²) in [7, 11) is 0. The van der Waals surface area contributed by atoms with Crippen LogP contribution in [0.1, 0.15) is 23.7 Å². The lowest BCUT2D eigenvalue weighted by atomic mass is 10.1. The highest BCUT2D eigenvalue weighted by atomic mass is 19.1. The Morgan fingerprint density at radius 1 is 1.09 bits per heavy atom. The van der Waals surface area contributed by atoms with Gasteiger partial charge in [0.25, 0.3) is 17.2 Å². The Morgan fingerprint density at radius 3 is 2.42 bits per heavy atom. The Labute approximate surface area is 186 Å². The fourth-order valence-electron chi connectivity index (χ4n) is 3.48. The summed E-state index contributed by atoms with van der Waals surface area (Å²) in [6, 6.07) is 10.5. The number of halogens is 1. The number of H-pyrrole nitrogens is 1. The minimum Gasteiger partial charge on any atom is -0.303 e. The number of rotatable bonds is 6. The first kappa shape index (κ1) is 21.7. The monoisotopic (exact) mass is 451 g/mol. The molecule has 1 aliphatic heterocycles. The van der Waals surface area contributed by atoms with Gasteiger partial charge in [-0.1, -0.05) is 25.1 Å². The Hall–Kier alpha value is -4.54. The number of nitro groups is 1. The number of urea groups is 1. The standard InChI is InChI=1S/C22H18FN5O5/c1-2-18-16(20(29)27(25-18)14-7-9-15(10-8-14)28(32)33)11-19-21(30)26(22(31)24-19)12-13-5-3-4-6-17(13)23/h3-11,25H,2,12H2,1H3,(H,24,31)/b19-11-. The smallest absolute Gasteiger partial charge is 0.303 e. The van der Waals surface area contributed by atoms with E-state index >= 15 is 0 Å². The van der Waals surface area contributed by atoms with Gasteiger partial charge in [-0.3, -0.25) is 29.7 Å². The molecule has 0 aliphatic carbocycles. The van der Waals surface area contributed by atoms with Crippen LogP contribution in [0.3, 0.4) is 0 Å². The molecule has 1 fully saturated rings. The number of nitro benzene ring substituents is 1. The van der Waals surface area contributed by atoms with Gasteiger partial charge in [0.2, 0.25) is 0 Å². The molecule has 0 spiro atoms. The molecule has 1 aliphatic rings. The third kappa shape index (κ3) is 4.03. The van der Waals surface area contributed by atoms with E-state index < -0.39 is 28.2 Å². The van der Waals surface area contributed by atoms with Crippen molar-refractivity contribution >= 4 is 23.7 Å². The van der Waals surface area contributed by atoms with Gasteiger partial charge in [-0.05, 0) is 30.7 Å². The SMILES string of the molecule is CCc1[nH]n(-c2ccc([N+](=O)[O-])cc2)c(=O)c1/C=C1\NC(=O)N(Cc2ccccc2F)C1=O. The summed E-state index contributed by atoms with van der Waals surface area (Å²) in [6.45, 7) is 1.54. The summed E-state index contributed by atoms with van der Waals surface area (Å²) in [5.41, 5.74) is 0.477. The first-order valence-corrected chi connectivity index (χ1v) is 9.96. The van der Waals surface area contributed by atoms with E-state index in [9.17, 15) is 28.9 Å². The van der Waals surface area contributed by atoms with Gasteiger partial charge in [-0.25, -0.2) is 13.9 Å². The maximum absolute atomic E-state index is 14.0. The number of nitrogens with zero attached hydrogens (tertiary/aromatic N) is 3. The number of hydrogen-bond acceptors (Lipinski definition) is 5. The van der Waals surface area contributed by atoms with Crippen LogP contribution in [0.25, 0.3) is 11.8 Å². The molecule has 2 aromatic carbocycles. The van der Waals surface area contributed by atoms with Gasteiger partial charge in [0.1, 0.15) is 11.5 Å². The first-order chi connectivity index (χ1) is 15.8. The molecule has 0 radical (unpaired) electrons. The number of non-ortho nitro benzene ring substituents is 1. The lowest BCUT2D eigenvalue weighted by Crippen LogP contribution is -2.30. The molecule has 3 aromatic rings. The number of amides is 3.